The third-order valence-corrected chi connectivity index (χ3v) is 5.18. The first-order valence-electron chi connectivity index (χ1n) is 10.1. The molecule has 8 heteroatoms. The summed E-state index contributed by atoms with van der Waals surface area (Å²) in [6.45, 7) is 4.81. The molecule has 31 heavy (non-hydrogen) atoms. The first-order valence-corrected chi connectivity index (χ1v) is 10.1. The van der Waals surface area contributed by atoms with Gasteiger partial charge in [0.05, 0.1) is 18.7 Å². The lowest BCUT2D eigenvalue weighted by Gasteiger charge is -2.23. The van der Waals surface area contributed by atoms with Crippen LogP contribution in [0.5, 0.6) is 11.5 Å². The van der Waals surface area contributed by atoms with Crippen LogP contribution < -0.4 is 20.3 Å². The van der Waals surface area contributed by atoms with Gasteiger partial charge in [-0.05, 0) is 49.1 Å². The van der Waals surface area contributed by atoms with E-state index in [-0.39, 0.29) is 25.3 Å². The molecule has 2 heterocycles. The Bertz CT molecular complexity index is 1190. The molecule has 1 aromatic heterocycles. The van der Waals surface area contributed by atoms with Crippen molar-refractivity contribution < 1.29 is 19.4 Å². The summed E-state index contributed by atoms with van der Waals surface area (Å²) in [4.78, 5) is 29.8. The maximum absolute atomic E-state index is 12.9. The summed E-state index contributed by atoms with van der Waals surface area (Å²) in [5.41, 5.74) is 3.59. The molecule has 0 bridgehead atoms. The van der Waals surface area contributed by atoms with Crippen LogP contribution >= 0.6 is 0 Å². The average molecular weight is 423 g/mol. The highest BCUT2D eigenvalue weighted by Crippen LogP contribution is 2.32. The van der Waals surface area contributed by atoms with Crippen molar-refractivity contribution in [2.24, 2.45) is 0 Å². The molecule has 3 aromatic rings. The van der Waals surface area contributed by atoms with E-state index in [9.17, 15) is 14.7 Å². The number of carbonyl (C=O) groups is 1. The summed E-state index contributed by atoms with van der Waals surface area (Å²) in [5.74, 6) is 1.19. The van der Waals surface area contributed by atoms with Gasteiger partial charge < -0.3 is 29.8 Å². The van der Waals surface area contributed by atoms with Crippen LogP contribution in [0.4, 0.5) is 10.5 Å². The number of hydrogen-bond acceptors (Lipinski definition) is 5. The zero-order valence-corrected chi connectivity index (χ0v) is 17.5. The first-order chi connectivity index (χ1) is 14.9. The number of nitrogens with one attached hydrogen (secondary N) is 2. The van der Waals surface area contributed by atoms with E-state index in [0.29, 0.717) is 36.0 Å². The summed E-state index contributed by atoms with van der Waals surface area (Å²) in [5, 5.41) is 13.2. The van der Waals surface area contributed by atoms with Gasteiger partial charge in [-0.3, -0.25) is 4.79 Å². The number of rotatable bonds is 5. The summed E-state index contributed by atoms with van der Waals surface area (Å²) < 4.78 is 11.0. The molecule has 0 saturated carbocycles. The molecule has 3 N–H and O–H groups in total. The first kappa shape index (κ1) is 20.7. The van der Waals surface area contributed by atoms with E-state index in [1.54, 1.807) is 24.3 Å². The second kappa shape index (κ2) is 8.69. The highest BCUT2D eigenvalue weighted by molar-refractivity contribution is 5.90. The van der Waals surface area contributed by atoms with E-state index in [2.05, 4.69) is 10.3 Å². The number of ether oxygens (including phenoxy) is 2. The smallest absolute Gasteiger partial charge is 0.322 e. The third-order valence-electron chi connectivity index (χ3n) is 5.18. The number of carbonyl (C=O) groups excluding carboxylic acids is 1. The summed E-state index contributed by atoms with van der Waals surface area (Å²) in [7, 11) is 0. The minimum Gasteiger partial charge on any atom is -0.486 e. The van der Waals surface area contributed by atoms with Crippen molar-refractivity contribution in [1.29, 1.82) is 0 Å². The van der Waals surface area contributed by atoms with E-state index in [0.717, 1.165) is 22.0 Å². The number of aromatic nitrogens is 1. The summed E-state index contributed by atoms with van der Waals surface area (Å²) >= 11 is 0. The maximum atomic E-state index is 12.9. The molecule has 0 radical (unpaired) electrons. The molecule has 1 aliphatic heterocycles. The minimum absolute atomic E-state index is 0.0647. The Balaban J connectivity index is 1.57. The van der Waals surface area contributed by atoms with E-state index < -0.39 is 6.03 Å². The second-order valence-corrected chi connectivity index (χ2v) is 7.60. The van der Waals surface area contributed by atoms with Crippen LogP contribution in [0.1, 0.15) is 16.7 Å². The van der Waals surface area contributed by atoms with Crippen LogP contribution in [-0.2, 0) is 6.54 Å². The predicted octanol–water partition coefficient (Wildman–Crippen LogP) is 2.94. The summed E-state index contributed by atoms with van der Waals surface area (Å²) in [6, 6.07) is 10.5. The van der Waals surface area contributed by atoms with Gasteiger partial charge in [-0.2, -0.15) is 0 Å². The number of amides is 2. The fourth-order valence-corrected chi connectivity index (χ4v) is 3.75. The SMILES string of the molecule is Cc1cc(C)c2[nH]c(=O)c(CN(CCO)C(=O)Nc3ccc4c(c3)OCCO4)cc2c1. The third kappa shape index (κ3) is 4.49. The van der Waals surface area contributed by atoms with Crippen molar-refractivity contribution in [3.05, 3.63) is 63.4 Å². The molecule has 0 aliphatic carbocycles. The fourth-order valence-electron chi connectivity index (χ4n) is 3.75. The number of urea groups is 1. The van der Waals surface area contributed by atoms with Crippen molar-refractivity contribution in [1.82, 2.24) is 9.88 Å². The van der Waals surface area contributed by atoms with Gasteiger partial charge >= 0.3 is 6.03 Å². The lowest BCUT2D eigenvalue weighted by Crippen LogP contribution is -2.38. The number of hydrogen-bond donors (Lipinski definition) is 3. The molecular formula is C23H25N3O5. The number of aliphatic hydroxyl groups excluding tert-OH is 1. The van der Waals surface area contributed by atoms with Gasteiger partial charge in [-0.1, -0.05) is 11.6 Å². The number of benzene rings is 2. The number of aliphatic hydroxyl groups is 1. The van der Waals surface area contributed by atoms with Crippen LogP contribution in [0.3, 0.4) is 0 Å². The Morgan fingerprint density at radius 1 is 1.13 bits per heavy atom. The average Bonchev–Trinajstić information content (AvgIpc) is 2.74. The molecule has 1 aliphatic rings. The van der Waals surface area contributed by atoms with Gasteiger partial charge in [0.2, 0.25) is 0 Å². The van der Waals surface area contributed by atoms with E-state index in [4.69, 9.17) is 9.47 Å². The van der Waals surface area contributed by atoms with Crippen LogP contribution in [0.25, 0.3) is 10.9 Å². The van der Waals surface area contributed by atoms with E-state index in [1.807, 2.05) is 26.0 Å². The Morgan fingerprint density at radius 2 is 1.90 bits per heavy atom. The van der Waals surface area contributed by atoms with Crippen molar-refractivity contribution in [3.8, 4) is 11.5 Å². The predicted molar refractivity (Wildman–Crippen MR) is 118 cm³/mol. The lowest BCUT2D eigenvalue weighted by molar-refractivity contribution is 0.171. The molecule has 2 amide bonds. The molecule has 0 unspecified atom stereocenters. The topological polar surface area (TPSA) is 104 Å². The molecule has 0 fully saturated rings. The second-order valence-electron chi connectivity index (χ2n) is 7.60. The molecule has 8 nitrogen and oxygen atoms in total. The maximum Gasteiger partial charge on any atom is 0.322 e. The van der Waals surface area contributed by atoms with Crippen LogP contribution in [0.2, 0.25) is 0 Å². The van der Waals surface area contributed by atoms with Crippen molar-refractivity contribution in [2.45, 2.75) is 20.4 Å². The van der Waals surface area contributed by atoms with Crippen molar-refractivity contribution in [2.75, 3.05) is 31.7 Å². The lowest BCUT2D eigenvalue weighted by atomic mass is 10.1. The number of H-pyrrole nitrogens is 1. The van der Waals surface area contributed by atoms with Gasteiger partial charge in [-0.25, -0.2) is 4.79 Å². The highest BCUT2D eigenvalue weighted by atomic mass is 16.6. The van der Waals surface area contributed by atoms with Gasteiger partial charge in [0, 0.05) is 23.9 Å². The Morgan fingerprint density at radius 3 is 2.68 bits per heavy atom. The Labute approximate surface area is 179 Å². The number of aromatic amines is 1. The largest absolute Gasteiger partial charge is 0.486 e. The summed E-state index contributed by atoms with van der Waals surface area (Å²) in [6.07, 6.45) is 0. The quantitative estimate of drug-likeness (QED) is 0.585. The van der Waals surface area contributed by atoms with E-state index >= 15 is 0 Å². The number of pyridine rings is 1. The van der Waals surface area contributed by atoms with E-state index in [1.165, 1.54) is 4.90 Å². The van der Waals surface area contributed by atoms with Gasteiger partial charge in [-0.15, -0.1) is 0 Å². The van der Waals surface area contributed by atoms with Gasteiger partial charge in [0.15, 0.2) is 11.5 Å². The fraction of sp³-hybridized carbons (Fsp3) is 0.304. The van der Waals surface area contributed by atoms with Gasteiger partial charge in [0.1, 0.15) is 13.2 Å². The number of anilines is 1. The van der Waals surface area contributed by atoms with Gasteiger partial charge in [0.25, 0.3) is 5.56 Å². The number of nitrogens with zero attached hydrogens (tertiary/aromatic N) is 1. The molecular weight excluding hydrogens is 398 g/mol. The molecule has 2 aromatic carbocycles. The number of aryl methyl sites for hydroxylation is 2. The standard InChI is InChI=1S/C23H25N3O5/c1-14-9-15(2)21-16(10-14)11-17(22(28)25-21)13-26(5-6-27)23(29)24-18-3-4-19-20(12-18)31-8-7-30-19/h3-4,9-12,27H,5-8,13H2,1-2H3,(H,24,29)(H,25,28). The van der Waals surface area contributed by atoms with Crippen molar-refractivity contribution >= 4 is 22.6 Å². The minimum atomic E-state index is -0.425. The van der Waals surface area contributed by atoms with Crippen LogP contribution in [0, 0.1) is 13.8 Å². The molecule has 0 saturated heterocycles. The zero-order valence-electron chi connectivity index (χ0n) is 17.5. The normalized spacial score (nSPS) is 12.6. The zero-order chi connectivity index (χ0) is 22.0. The highest BCUT2D eigenvalue weighted by Gasteiger charge is 2.18. The molecule has 0 atom stereocenters. The van der Waals surface area contributed by atoms with Crippen LogP contribution in [-0.4, -0.2) is 47.4 Å². The molecule has 162 valence electrons. The molecule has 0 spiro atoms. The Hall–Kier alpha value is -3.52. The van der Waals surface area contributed by atoms with Crippen LogP contribution in [0.15, 0.2) is 41.2 Å². The van der Waals surface area contributed by atoms with Crippen molar-refractivity contribution in [3.63, 3.8) is 0 Å². The number of fused-ring (bicyclic) bond motifs is 2. The Kier molecular flexibility index (Phi) is 5.81. The monoisotopic (exact) mass is 423 g/mol. The molecule has 4 rings (SSSR count).